The number of phenolic OH excluding ortho intramolecular Hbond substituents is 2. The molecular formula is C12H8N2O4. The van der Waals surface area contributed by atoms with Crippen LogP contribution < -0.4 is 0 Å². The quantitative estimate of drug-likeness (QED) is 0.510. The van der Waals surface area contributed by atoms with E-state index < -0.39 is 11.6 Å². The van der Waals surface area contributed by atoms with E-state index in [1.807, 2.05) is 0 Å². The van der Waals surface area contributed by atoms with Crippen LogP contribution in [0.5, 0.6) is 11.5 Å². The number of carbonyl (C=O) groups excluding carboxylic acids is 2. The van der Waals surface area contributed by atoms with Crippen LogP contribution in [0.3, 0.4) is 0 Å². The van der Waals surface area contributed by atoms with E-state index >= 15 is 0 Å². The highest BCUT2D eigenvalue weighted by molar-refractivity contribution is 6.29. The van der Waals surface area contributed by atoms with Gasteiger partial charge in [-0.05, 0) is 19.1 Å². The topological polar surface area (TPSA) is 103 Å². The van der Waals surface area contributed by atoms with E-state index in [4.69, 9.17) is 0 Å². The van der Waals surface area contributed by atoms with Crippen molar-refractivity contribution in [3.8, 4) is 11.5 Å². The zero-order valence-corrected chi connectivity index (χ0v) is 9.31. The van der Waals surface area contributed by atoms with Gasteiger partial charge in [-0.1, -0.05) is 0 Å². The van der Waals surface area contributed by atoms with Crippen LogP contribution in [0.2, 0.25) is 0 Å². The molecule has 6 heteroatoms. The van der Waals surface area contributed by atoms with Crippen molar-refractivity contribution >= 4 is 11.6 Å². The van der Waals surface area contributed by atoms with Gasteiger partial charge >= 0.3 is 0 Å². The minimum absolute atomic E-state index is 0.0223. The second-order valence-corrected chi connectivity index (χ2v) is 4.08. The fraction of sp³-hybridized carbons (Fsp3) is 0.0833. The monoisotopic (exact) mass is 244 g/mol. The highest BCUT2D eigenvalue weighted by Gasteiger charge is 2.37. The van der Waals surface area contributed by atoms with Crippen molar-refractivity contribution in [3.63, 3.8) is 0 Å². The summed E-state index contributed by atoms with van der Waals surface area (Å²) in [5.74, 6) is -1.75. The summed E-state index contributed by atoms with van der Waals surface area (Å²) in [4.78, 5) is 24.4. The van der Waals surface area contributed by atoms with E-state index in [0.29, 0.717) is 5.69 Å². The molecule has 1 aliphatic carbocycles. The molecule has 18 heavy (non-hydrogen) atoms. The SMILES string of the molecule is Cc1[nH]nc2c1C(=O)c1c(O)ccc(O)c1C2=O. The van der Waals surface area contributed by atoms with Crippen LogP contribution in [0.1, 0.15) is 37.7 Å². The smallest absolute Gasteiger partial charge is 0.218 e. The van der Waals surface area contributed by atoms with E-state index in [1.54, 1.807) is 6.92 Å². The zero-order chi connectivity index (χ0) is 13.0. The summed E-state index contributed by atoms with van der Waals surface area (Å²) in [6.45, 7) is 1.61. The maximum absolute atomic E-state index is 12.2. The lowest BCUT2D eigenvalue weighted by Crippen LogP contribution is -2.21. The summed E-state index contributed by atoms with van der Waals surface area (Å²) in [6.07, 6.45) is 0. The Morgan fingerprint density at radius 1 is 1.00 bits per heavy atom. The summed E-state index contributed by atoms with van der Waals surface area (Å²) in [7, 11) is 0. The molecule has 0 fully saturated rings. The van der Waals surface area contributed by atoms with Crippen molar-refractivity contribution in [3.05, 3.63) is 40.2 Å². The van der Waals surface area contributed by atoms with Crippen molar-refractivity contribution in [2.75, 3.05) is 0 Å². The molecule has 1 heterocycles. The molecule has 3 rings (SSSR count). The third-order valence-electron chi connectivity index (χ3n) is 3.00. The van der Waals surface area contributed by atoms with Gasteiger partial charge in [0.2, 0.25) is 11.6 Å². The van der Waals surface area contributed by atoms with Gasteiger partial charge in [0.05, 0.1) is 16.7 Å². The molecule has 0 saturated heterocycles. The Balaban J connectivity index is 2.42. The first kappa shape index (κ1) is 10.5. The highest BCUT2D eigenvalue weighted by atomic mass is 16.3. The van der Waals surface area contributed by atoms with Crippen LogP contribution in [-0.4, -0.2) is 32.0 Å². The van der Waals surface area contributed by atoms with Crippen molar-refractivity contribution < 1.29 is 19.8 Å². The number of nitrogens with zero attached hydrogens (tertiary/aromatic N) is 1. The van der Waals surface area contributed by atoms with Gasteiger partial charge < -0.3 is 10.2 Å². The van der Waals surface area contributed by atoms with Crippen molar-refractivity contribution in [1.82, 2.24) is 10.2 Å². The van der Waals surface area contributed by atoms with Crippen LogP contribution in [-0.2, 0) is 0 Å². The van der Waals surface area contributed by atoms with Gasteiger partial charge in [-0.25, -0.2) is 0 Å². The van der Waals surface area contributed by atoms with Crippen LogP contribution in [0, 0.1) is 6.92 Å². The molecule has 90 valence electrons. The van der Waals surface area contributed by atoms with Gasteiger partial charge in [-0.3, -0.25) is 14.7 Å². The number of benzene rings is 1. The number of nitrogens with one attached hydrogen (secondary N) is 1. The Bertz CT molecular complexity index is 715. The number of aromatic hydroxyl groups is 2. The average Bonchev–Trinajstić information content (AvgIpc) is 2.72. The first-order valence-electron chi connectivity index (χ1n) is 5.21. The summed E-state index contributed by atoms with van der Waals surface area (Å²) in [5, 5.41) is 25.7. The van der Waals surface area contributed by atoms with Gasteiger partial charge in [0.25, 0.3) is 0 Å². The van der Waals surface area contributed by atoms with E-state index in [1.165, 1.54) is 12.1 Å². The largest absolute Gasteiger partial charge is 0.507 e. The Labute approximate surface area is 101 Å². The maximum Gasteiger partial charge on any atom is 0.218 e. The van der Waals surface area contributed by atoms with E-state index in [-0.39, 0.29) is 33.9 Å². The van der Waals surface area contributed by atoms with Crippen LogP contribution in [0.25, 0.3) is 0 Å². The molecule has 0 atom stereocenters. The Hall–Kier alpha value is -2.63. The molecule has 0 spiro atoms. The Morgan fingerprint density at radius 2 is 1.56 bits per heavy atom. The standard InChI is InChI=1S/C12H8N2O4/c1-4-7-10(14-13-4)12(18)9-6(16)3-2-5(15)8(9)11(7)17/h2-3,15-16H,1H3,(H,13,14). The molecule has 0 saturated carbocycles. The zero-order valence-electron chi connectivity index (χ0n) is 9.31. The molecule has 1 aromatic heterocycles. The Kier molecular flexibility index (Phi) is 1.87. The van der Waals surface area contributed by atoms with Crippen molar-refractivity contribution in [2.24, 2.45) is 0 Å². The predicted molar refractivity (Wildman–Crippen MR) is 60.0 cm³/mol. The molecule has 0 amide bonds. The average molecular weight is 244 g/mol. The molecule has 1 aromatic carbocycles. The van der Waals surface area contributed by atoms with Gasteiger partial charge in [-0.15, -0.1) is 0 Å². The fourth-order valence-corrected chi connectivity index (χ4v) is 2.16. The molecule has 2 aromatic rings. The molecular weight excluding hydrogens is 236 g/mol. The lowest BCUT2D eigenvalue weighted by Gasteiger charge is -2.15. The predicted octanol–water partition coefficient (Wildman–Crippen LogP) is 0.905. The molecule has 0 radical (unpaired) electrons. The maximum atomic E-state index is 12.2. The van der Waals surface area contributed by atoms with Gasteiger partial charge in [0, 0.05) is 5.69 Å². The third kappa shape index (κ3) is 1.09. The van der Waals surface area contributed by atoms with E-state index in [9.17, 15) is 19.8 Å². The fourth-order valence-electron chi connectivity index (χ4n) is 2.16. The van der Waals surface area contributed by atoms with Gasteiger partial charge in [0.15, 0.2) is 0 Å². The first-order valence-corrected chi connectivity index (χ1v) is 5.21. The molecule has 0 aliphatic heterocycles. The number of aryl methyl sites for hydroxylation is 1. The number of H-pyrrole nitrogens is 1. The number of aromatic nitrogens is 2. The van der Waals surface area contributed by atoms with Crippen LogP contribution in [0.4, 0.5) is 0 Å². The molecule has 0 bridgehead atoms. The summed E-state index contributed by atoms with van der Waals surface area (Å²) >= 11 is 0. The molecule has 1 aliphatic rings. The second-order valence-electron chi connectivity index (χ2n) is 4.08. The summed E-state index contributed by atoms with van der Waals surface area (Å²) < 4.78 is 0. The minimum Gasteiger partial charge on any atom is -0.507 e. The number of hydrogen-bond acceptors (Lipinski definition) is 5. The number of phenols is 2. The van der Waals surface area contributed by atoms with Crippen LogP contribution in [0.15, 0.2) is 12.1 Å². The second kappa shape index (κ2) is 3.19. The number of ketones is 2. The number of carbonyl (C=O) groups is 2. The summed E-state index contributed by atoms with van der Waals surface area (Å²) in [6, 6.07) is 2.35. The number of fused-ring (bicyclic) bond motifs is 2. The highest BCUT2D eigenvalue weighted by Crippen LogP contribution is 2.37. The lowest BCUT2D eigenvalue weighted by molar-refractivity contribution is 0.0971. The molecule has 6 nitrogen and oxygen atoms in total. The first-order chi connectivity index (χ1) is 8.52. The van der Waals surface area contributed by atoms with E-state index in [0.717, 1.165) is 0 Å². The van der Waals surface area contributed by atoms with Gasteiger partial charge in [0.1, 0.15) is 17.2 Å². The number of aromatic amines is 1. The molecule has 3 N–H and O–H groups in total. The minimum atomic E-state index is -0.572. The van der Waals surface area contributed by atoms with Crippen molar-refractivity contribution in [2.45, 2.75) is 6.92 Å². The van der Waals surface area contributed by atoms with E-state index in [2.05, 4.69) is 10.2 Å². The molecule has 0 unspecified atom stereocenters. The number of hydrogen-bond donors (Lipinski definition) is 3. The van der Waals surface area contributed by atoms with Crippen molar-refractivity contribution in [1.29, 1.82) is 0 Å². The Morgan fingerprint density at radius 3 is 2.17 bits per heavy atom. The normalized spacial score (nSPS) is 13.4. The third-order valence-corrected chi connectivity index (χ3v) is 3.00. The van der Waals surface area contributed by atoms with Gasteiger partial charge in [-0.2, -0.15) is 5.10 Å². The van der Waals surface area contributed by atoms with Crippen LogP contribution >= 0.6 is 0 Å². The number of rotatable bonds is 0. The lowest BCUT2D eigenvalue weighted by atomic mass is 9.86. The summed E-state index contributed by atoms with van der Waals surface area (Å²) in [5.41, 5.74) is 0.215.